The molecule has 3 N–H and O–H groups in total. The van der Waals surface area contributed by atoms with Crippen LogP contribution in [0, 0.1) is 0 Å². The molecular weight excluding hydrogens is 1460 g/mol. The van der Waals surface area contributed by atoms with E-state index in [1.165, 1.54) is 340 Å². The van der Waals surface area contributed by atoms with Crippen LogP contribution in [0.5, 0.6) is 0 Å². The third kappa shape index (κ3) is 87.7. The van der Waals surface area contributed by atoms with E-state index in [1.807, 2.05) is 0 Å². The first kappa shape index (κ1) is 111. The molecule has 17 nitrogen and oxygen atoms in total. The Labute approximate surface area is 696 Å². The molecule has 0 rings (SSSR count). The quantitative estimate of drug-likeness (QED) is 0.0222. The standard InChI is InChI=1S/C94H184O17P2/c1-5-9-13-17-21-24-27-30-33-36-39-42-45-48-51-54-57-60-63-67-71-75-79-92(97)105-85-90(111-94(99)81-77-73-69-65-62-59-56-53-50-47-44-41-38-35-32-29-26-23-19-15-11-7-3)87-109-113(102,103)107-83-88(95)82-106-112(100,101)108-86-89(84-104-91(96)78-74-70-66-20-16-12-8-4)110-93(98)80-76-72-68-64-61-58-55-52-49-46-43-40-37-34-31-28-25-22-18-14-10-6-2/h88-90,95H,5-87H2,1-4H3,(H,100,101)(H,102,103)/t88-,89+,90+/m0/s1. The van der Waals surface area contributed by atoms with Crippen LogP contribution in [0.1, 0.15) is 522 Å². The molecule has 0 aromatic rings. The van der Waals surface area contributed by atoms with Gasteiger partial charge in [-0.3, -0.25) is 37.3 Å². The molecule has 0 aromatic heterocycles. The zero-order chi connectivity index (χ0) is 82.4. The van der Waals surface area contributed by atoms with Crippen molar-refractivity contribution in [2.45, 2.75) is 540 Å². The predicted molar refractivity (Wildman–Crippen MR) is 469 cm³/mol. The summed E-state index contributed by atoms with van der Waals surface area (Å²) in [4.78, 5) is 73.3. The van der Waals surface area contributed by atoms with E-state index in [2.05, 4.69) is 27.7 Å². The highest BCUT2D eigenvalue weighted by atomic mass is 31.2. The van der Waals surface area contributed by atoms with Crippen molar-refractivity contribution in [3.05, 3.63) is 0 Å². The molecule has 0 bridgehead atoms. The Hall–Kier alpha value is -1.94. The molecule has 0 heterocycles. The average molecular weight is 1650 g/mol. The number of hydrogen-bond donors (Lipinski definition) is 3. The van der Waals surface area contributed by atoms with Gasteiger partial charge in [0.05, 0.1) is 26.4 Å². The summed E-state index contributed by atoms with van der Waals surface area (Å²) in [6.45, 7) is 5.05. The summed E-state index contributed by atoms with van der Waals surface area (Å²) in [5.74, 6) is -2.10. The van der Waals surface area contributed by atoms with Crippen molar-refractivity contribution in [2.24, 2.45) is 0 Å². The van der Waals surface area contributed by atoms with Crippen molar-refractivity contribution in [1.29, 1.82) is 0 Å². The van der Waals surface area contributed by atoms with E-state index in [-0.39, 0.29) is 25.7 Å². The average Bonchev–Trinajstić information content (AvgIpc) is 0.899. The number of aliphatic hydroxyl groups excluding tert-OH is 1. The largest absolute Gasteiger partial charge is 0.472 e. The topological polar surface area (TPSA) is 237 Å². The number of hydrogen-bond acceptors (Lipinski definition) is 15. The second-order valence-corrected chi connectivity index (χ2v) is 36.7. The normalized spacial score (nSPS) is 13.6. The summed E-state index contributed by atoms with van der Waals surface area (Å²) in [5.41, 5.74) is 0. The molecule has 0 aromatic carbocycles. The summed E-state index contributed by atoms with van der Waals surface area (Å²) < 4.78 is 69.0. The molecule has 2 unspecified atom stereocenters. The van der Waals surface area contributed by atoms with Crippen LogP contribution in [-0.2, 0) is 65.4 Å². The van der Waals surface area contributed by atoms with Crippen LogP contribution in [0.4, 0.5) is 0 Å². The maximum Gasteiger partial charge on any atom is 0.472 e. The third-order valence-electron chi connectivity index (χ3n) is 22.4. The van der Waals surface area contributed by atoms with Crippen molar-refractivity contribution in [1.82, 2.24) is 0 Å². The molecule has 0 radical (unpaired) electrons. The van der Waals surface area contributed by atoms with Gasteiger partial charge in [0.2, 0.25) is 0 Å². The van der Waals surface area contributed by atoms with Gasteiger partial charge in [0.15, 0.2) is 12.2 Å². The van der Waals surface area contributed by atoms with Crippen LogP contribution in [0.2, 0.25) is 0 Å². The molecule has 0 aliphatic carbocycles. The van der Waals surface area contributed by atoms with E-state index in [4.69, 9.17) is 37.0 Å². The number of aliphatic hydroxyl groups is 1. The lowest BCUT2D eigenvalue weighted by Crippen LogP contribution is -2.30. The number of phosphoric ester groups is 2. The van der Waals surface area contributed by atoms with Gasteiger partial charge >= 0.3 is 39.5 Å². The van der Waals surface area contributed by atoms with Crippen molar-refractivity contribution in [2.75, 3.05) is 39.6 Å². The Bertz CT molecular complexity index is 2120. The van der Waals surface area contributed by atoms with E-state index >= 15 is 0 Å². The van der Waals surface area contributed by atoms with E-state index in [0.29, 0.717) is 25.7 Å². The van der Waals surface area contributed by atoms with Crippen molar-refractivity contribution >= 4 is 39.5 Å². The Kier molecular flexibility index (Phi) is 86.4. The minimum atomic E-state index is -4.97. The van der Waals surface area contributed by atoms with Crippen LogP contribution in [-0.4, -0.2) is 96.7 Å². The zero-order valence-corrected chi connectivity index (χ0v) is 76.2. The maximum atomic E-state index is 13.2. The predicted octanol–water partition coefficient (Wildman–Crippen LogP) is 29.6. The lowest BCUT2D eigenvalue weighted by Gasteiger charge is -2.21. The van der Waals surface area contributed by atoms with Gasteiger partial charge in [-0.15, -0.1) is 0 Å². The maximum absolute atomic E-state index is 13.2. The van der Waals surface area contributed by atoms with Gasteiger partial charge in [0.1, 0.15) is 19.3 Å². The number of carbonyl (C=O) groups is 4. The van der Waals surface area contributed by atoms with Gasteiger partial charge in [-0.25, -0.2) is 9.13 Å². The fourth-order valence-corrected chi connectivity index (χ4v) is 16.5. The Morgan fingerprint density at radius 2 is 0.354 bits per heavy atom. The fourth-order valence-electron chi connectivity index (χ4n) is 14.9. The van der Waals surface area contributed by atoms with Crippen molar-refractivity contribution < 1.29 is 80.2 Å². The van der Waals surface area contributed by atoms with Crippen LogP contribution in [0.15, 0.2) is 0 Å². The Balaban J connectivity index is 5.11. The third-order valence-corrected chi connectivity index (χ3v) is 24.3. The van der Waals surface area contributed by atoms with E-state index in [9.17, 15) is 43.2 Å². The number of phosphoric acid groups is 2. The lowest BCUT2D eigenvalue weighted by molar-refractivity contribution is -0.161. The first-order chi connectivity index (χ1) is 55.2. The highest BCUT2D eigenvalue weighted by Crippen LogP contribution is 2.45. The zero-order valence-electron chi connectivity index (χ0n) is 74.4. The molecule has 0 fully saturated rings. The van der Waals surface area contributed by atoms with Gasteiger partial charge in [0.25, 0.3) is 0 Å². The first-order valence-corrected chi connectivity index (χ1v) is 51.8. The number of unbranched alkanes of at least 4 members (excludes halogenated alkanes) is 69. The monoisotopic (exact) mass is 1650 g/mol. The molecular formula is C94H184O17P2. The van der Waals surface area contributed by atoms with Crippen LogP contribution in [0.3, 0.4) is 0 Å². The van der Waals surface area contributed by atoms with Gasteiger partial charge in [-0.1, -0.05) is 471 Å². The molecule has 0 aliphatic rings. The van der Waals surface area contributed by atoms with Gasteiger partial charge in [-0.2, -0.15) is 0 Å². The van der Waals surface area contributed by atoms with Gasteiger partial charge < -0.3 is 33.8 Å². The number of ether oxygens (including phenoxy) is 4. The van der Waals surface area contributed by atoms with Crippen LogP contribution in [0.25, 0.3) is 0 Å². The molecule has 113 heavy (non-hydrogen) atoms. The molecule has 5 atom stereocenters. The second-order valence-electron chi connectivity index (χ2n) is 33.8. The van der Waals surface area contributed by atoms with Crippen molar-refractivity contribution in [3.63, 3.8) is 0 Å². The van der Waals surface area contributed by atoms with Crippen LogP contribution >= 0.6 is 15.6 Å². The van der Waals surface area contributed by atoms with E-state index in [1.54, 1.807) is 0 Å². The van der Waals surface area contributed by atoms with E-state index < -0.39 is 97.5 Å². The molecule has 0 saturated carbocycles. The summed E-state index contributed by atoms with van der Waals surface area (Å²) in [6.07, 6.45) is 86.8. The van der Waals surface area contributed by atoms with Crippen LogP contribution < -0.4 is 0 Å². The smallest absolute Gasteiger partial charge is 0.462 e. The molecule has 672 valence electrons. The molecule has 0 amide bonds. The van der Waals surface area contributed by atoms with Gasteiger partial charge in [0, 0.05) is 25.7 Å². The number of carbonyl (C=O) groups excluding carboxylic acids is 4. The summed E-state index contributed by atoms with van der Waals surface area (Å²) in [7, 11) is -9.93. The van der Waals surface area contributed by atoms with E-state index in [0.717, 1.165) is 103 Å². The second kappa shape index (κ2) is 87.9. The molecule has 0 spiro atoms. The molecule has 0 aliphatic heterocycles. The fraction of sp³-hybridized carbons (Fsp3) is 0.957. The SMILES string of the molecule is CCCCCCCCCCCCCCCCCCCCCCCCC(=O)OC[C@H](COP(=O)(O)OC[C@@H](O)COP(=O)(O)OC[C@@H](COC(=O)CCCCCCCCC)OC(=O)CCCCCCCCCCCCCCCCCCCCCCCC)OC(=O)CCCCCCCCCCCCCCCCCCCCCCCC. The van der Waals surface area contributed by atoms with Gasteiger partial charge in [-0.05, 0) is 25.7 Å². The summed E-state index contributed by atoms with van der Waals surface area (Å²) >= 11 is 0. The number of esters is 4. The number of rotatable bonds is 95. The summed E-state index contributed by atoms with van der Waals surface area (Å²) in [6, 6.07) is 0. The highest BCUT2D eigenvalue weighted by Gasteiger charge is 2.31. The Morgan fingerprint density at radius 3 is 0.522 bits per heavy atom. The Morgan fingerprint density at radius 1 is 0.212 bits per heavy atom. The summed E-state index contributed by atoms with van der Waals surface area (Å²) in [5, 5.41) is 10.7. The highest BCUT2D eigenvalue weighted by molar-refractivity contribution is 7.47. The molecule has 19 heteroatoms. The minimum Gasteiger partial charge on any atom is -0.462 e. The lowest BCUT2D eigenvalue weighted by atomic mass is 10.0. The van der Waals surface area contributed by atoms with Crippen molar-refractivity contribution in [3.8, 4) is 0 Å². The molecule has 0 saturated heterocycles. The minimum absolute atomic E-state index is 0.109. The first-order valence-electron chi connectivity index (χ1n) is 48.8.